The Hall–Kier alpha value is -3.42. The zero-order valence-corrected chi connectivity index (χ0v) is 20.8. The molecule has 3 heterocycles. The Labute approximate surface area is 210 Å². The number of aryl methyl sites for hydroxylation is 1. The number of nitrogens with zero attached hydrogens (tertiary/aromatic N) is 5. The van der Waals surface area contributed by atoms with E-state index in [-0.39, 0.29) is 6.03 Å². The van der Waals surface area contributed by atoms with Gasteiger partial charge in [0.25, 0.3) is 0 Å². The maximum absolute atomic E-state index is 12.8. The number of piperazine rings is 1. The van der Waals surface area contributed by atoms with Gasteiger partial charge >= 0.3 is 6.03 Å². The van der Waals surface area contributed by atoms with Crippen molar-refractivity contribution in [2.45, 2.75) is 26.8 Å². The van der Waals surface area contributed by atoms with Crippen molar-refractivity contribution in [1.82, 2.24) is 24.3 Å². The van der Waals surface area contributed by atoms with Crippen molar-refractivity contribution in [2.75, 3.05) is 31.5 Å². The number of hydrogen-bond acceptors (Lipinski definition) is 4. The van der Waals surface area contributed by atoms with Gasteiger partial charge in [-0.25, -0.2) is 14.8 Å². The van der Waals surface area contributed by atoms with Crippen LogP contribution in [0, 0.1) is 6.92 Å². The average molecular weight is 489 g/mol. The van der Waals surface area contributed by atoms with E-state index in [0.29, 0.717) is 24.7 Å². The van der Waals surface area contributed by atoms with E-state index in [1.165, 1.54) is 5.56 Å². The number of rotatable bonds is 5. The largest absolute Gasteiger partial charge is 0.322 e. The van der Waals surface area contributed by atoms with Crippen molar-refractivity contribution in [3.63, 3.8) is 0 Å². The lowest BCUT2D eigenvalue weighted by atomic mass is 10.1. The lowest BCUT2D eigenvalue weighted by molar-refractivity contribution is 0.140. The summed E-state index contributed by atoms with van der Waals surface area (Å²) in [5.41, 5.74) is 5.74. The number of carbonyl (C=O) groups excluding carboxylic acids is 1. The van der Waals surface area contributed by atoms with Gasteiger partial charge in [0.1, 0.15) is 11.3 Å². The summed E-state index contributed by atoms with van der Waals surface area (Å²) in [6.07, 6.45) is 2.81. The normalized spacial score (nSPS) is 14.4. The van der Waals surface area contributed by atoms with E-state index < -0.39 is 0 Å². The number of amides is 2. The molecular formula is C27H29ClN6O. The highest BCUT2D eigenvalue weighted by molar-refractivity contribution is 6.31. The summed E-state index contributed by atoms with van der Waals surface area (Å²) < 4.78 is 2.15. The minimum absolute atomic E-state index is 0.0949. The van der Waals surface area contributed by atoms with Gasteiger partial charge < -0.3 is 10.2 Å². The predicted octanol–water partition coefficient (Wildman–Crippen LogP) is 5.29. The quantitative estimate of drug-likeness (QED) is 0.414. The van der Waals surface area contributed by atoms with Crippen LogP contribution in [0.4, 0.5) is 10.5 Å². The molecule has 7 nitrogen and oxygen atoms in total. The number of anilines is 1. The Bertz CT molecular complexity index is 1340. The van der Waals surface area contributed by atoms with Crippen LogP contribution in [0.25, 0.3) is 16.9 Å². The van der Waals surface area contributed by atoms with Crippen LogP contribution in [-0.4, -0.2) is 56.5 Å². The van der Waals surface area contributed by atoms with Crippen LogP contribution in [0.1, 0.15) is 23.9 Å². The van der Waals surface area contributed by atoms with Crippen molar-refractivity contribution < 1.29 is 4.79 Å². The molecule has 2 amide bonds. The number of fused-ring (bicyclic) bond motifs is 1. The van der Waals surface area contributed by atoms with E-state index in [4.69, 9.17) is 16.6 Å². The van der Waals surface area contributed by atoms with E-state index >= 15 is 0 Å². The molecule has 8 heteroatoms. The Balaban J connectivity index is 1.29. The zero-order chi connectivity index (χ0) is 24.4. The summed E-state index contributed by atoms with van der Waals surface area (Å²) >= 11 is 6.20. The molecule has 0 radical (unpaired) electrons. The number of benzene rings is 2. The molecule has 5 rings (SSSR count). The van der Waals surface area contributed by atoms with E-state index in [1.807, 2.05) is 48.4 Å². The first-order valence-corrected chi connectivity index (χ1v) is 12.4. The number of pyridine rings is 1. The Morgan fingerprint density at radius 2 is 1.80 bits per heavy atom. The fourth-order valence-corrected chi connectivity index (χ4v) is 4.64. The van der Waals surface area contributed by atoms with Crippen LogP contribution in [-0.2, 0) is 13.0 Å². The molecule has 0 bridgehead atoms. The van der Waals surface area contributed by atoms with Crippen molar-refractivity contribution in [1.29, 1.82) is 0 Å². The van der Waals surface area contributed by atoms with Crippen LogP contribution < -0.4 is 5.32 Å². The van der Waals surface area contributed by atoms with Gasteiger partial charge in [0.2, 0.25) is 0 Å². The second kappa shape index (κ2) is 10.1. The summed E-state index contributed by atoms with van der Waals surface area (Å²) in [6, 6.07) is 18.0. The minimum atomic E-state index is -0.0949. The van der Waals surface area contributed by atoms with Crippen LogP contribution in [0.5, 0.6) is 0 Å². The molecule has 1 N–H and O–H groups in total. The molecule has 35 heavy (non-hydrogen) atoms. The number of nitrogens with one attached hydrogen (secondary N) is 1. The predicted molar refractivity (Wildman–Crippen MR) is 140 cm³/mol. The van der Waals surface area contributed by atoms with Gasteiger partial charge in [-0.05, 0) is 60.9 Å². The smallest absolute Gasteiger partial charge is 0.321 e. The van der Waals surface area contributed by atoms with E-state index in [2.05, 4.69) is 51.0 Å². The molecule has 1 aliphatic rings. The Kier molecular flexibility index (Phi) is 6.70. The molecule has 180 valence electrons. The molecule has 0 spiro atoms. The Morgan fingerprint density at radius 3 is 2.54 bits per heavy atom. The maximum Gasteiger partial charge on any atom is 0.321 e. The summed E-state index contributed by atoms with van der Waals surface area (Å²) in [4.78, 5) is 26.5. The molecule has 0 saturated carbocycles. The SMILES string of the molecule is CCc1ccc(-n2c(CN3CCN(C(=O)Nc4cccc(Cl)c4C)CC3)nc3cccnc32)cc1. The molecule has 2 aromatic heterocycles. The molecule has 1 fully saturated rings. The van der Waals surface area contributed by atoms with Crippen LogP contribution in [0.2, 0.25) is 5.02 Å². The summed E-state index contributed by atoms with van der Waals surface area (Å²) in [5.74, 6) is 0.954. The molecule has 0 aliphatic carbocycles. The van der Waals surface area contributed by atoms with Crippen LogP contribution in [0.3, 0.4) is 0 Å². The molecule has 1 aliphatic heterocycles. The minimum Gasteiger partial charge on any atom is -0.322 e. The zero-order valence-electron chi connectivity index (χ0n) is 20.0. The average Bonchev–Trinajstić information content (AvgIpc) is 3.25. The van der Waals surface area contributed by atoms with E-state index in [9.17, 15) is 4.79 Å². The summed E-state index contributed by atoms with van der Waals surface area (Å²) in [7, 11) is 0. The van der Waals surface area contributed by atoms with Gasteiger partial charge in [0.15, 0.2) is 5.65 Å². The number of urea groups is 1. The molecule has 0 unspecified atom stereocenters. The van der Waals surface area contributed by atoms with E-state index in [0.717, 1.165) is 53.4 Å². The van der Waals surface area contributed by atoms with Crippen molar-refractivity contribution >= 4 is 34.5 Å². The first-order valence-electron chi connectivity index (χ1n) is 12.0. The Morgan fingerprint density at radius 1 is 1.03 bits per heavy atom. The highest BCUT2D eigenvalue weighted by Crippen LogP contribution is 2.24. The van der Waals surface area contributed by atoms with Gasteiger partial charge in [0, 0.05) is 48.8 Å². The first kappa shape index (κ1) is 23.3. The van der Waals surface area contributed by atoms with Gasteiger partial charge in [0.05, 0.1) is 6.54 Å². The van der Waals surface area contributed by atoms with Gasteiger partial charge in [-0.1, -0.05) is 36.7 Å². The highest BCUT2D eigenvalue weighted by Gasteiger charge is 2.24. The lowest BCUT2D eigenvalue weighted by Gasteiger charge is -2.34. The lowest BCUT2D eigenvalue weighted by Crippen LogP contribution is -2.49. The molecule has 2 aromatic carbocycles. The number of imidazole rings is 1. The number of hydrogen-bond donors (Lipinski definition) is 1. The number of halogens is 1. The third kappa shape index (κ3) is 4.88. The van der Waals surface area contributed by atoms with Crippen LogP contribution >= 0.6 is 11.6 Å². The summed E-state index contributed by atoms with van der Waals surface area (Å²) in [5, 5.41) is 3.65. The maximum atomic E-state index is 12.8. The van der Waals surface area contributed by atoms with Crippen molar-refractivity contribution in [3.8, 4) is 5.69 Å². The molecule has 4 aromatic rings. The second-order valence-electron chi connectivity index (χ2n) is 8.84. The monoisotopic (exact) mass is 488 g/mol. The fourth-order valence-electron chi connectivity index (χ4n) is 4.46. The van der Waals surface area contributed by atoms with E-state index in [1.54, 1.807) is 0 Å². The fraction of sp³-hybridized carbons (Fsp3) is 0.296. The molecule has 1 saturated heterocycles. The molecular weight excluding hydrogens is 460 g/mol. The highest BCUT2D eigenvalue weighted by atomic mass is 35.5. The van der Waals surface area contributed by atoms with Crippen LogP contribution in [0.15, 0.2) is 60.8 Å². The summed E-state index contributed by atoms with van der Waals surface area (Å²) in [6.45, 7) is 7.59. The number of aromatic nitrogens is 3. The molecule has 0 atom stereocenters. The third-order valence-corrected chi connectivity index (χ3v) is 7.03. The standard InChI is InChI=1S/C27H29ClN6O/c1-3-20-9-11-21(12-10-20)34-25(30-24-8-5-13-29-26(24)34)18-32-14-16-33(17-15-32)27(35)31-23-7-4-6-22(28)19(23)2/h4-13H,3,14-18H2,1-2H3,(H,31,35). The topological polar surface area (TPSA) is 66.3 Å². The van der Waals surface area contributed by atoms with Crippen molar-refractivity contribution in [3.05, 3.63) is 82.8 Å². The van der Waals surface area contributed by atoms with Gasteiger partial charge in [-0.2, -0.15) is 0 Å². The third-order valence-electron chi connectivity index (χ3n) is 6.62. The van der Waals surface area contributed by atoms with Gasteiger partial charge in [-0.3, -0.25) is 9.47 Å². The first-order chi connectivity index (χ1) is 17.0. The number of carbonyl (C=O) groups is 1. The van der Waals surface area contributed by atoms with Crippen molar-refractivity contribution in [2.24, 2.45) is 0 Å². The second-order valence-corrected chi connectivity index (χ2v) is 9.24. The van der Waals surface area contributed by atoms with Gasteiger partial charge in [-0.15, -0.1) is 0 Å².